The Bertz CT molecular complexity index is 628. The Balaban J connectivity index is 2.32. The average molecular weight is 339 g/mol. The summed E-state index contributed by atoms with van der Waals surface area (Å²) in [5, 5.41) is 1.30. The molecule has 2 aromatic carbocycles. The first-order chi connectivity index (χ1) is 10.6. The number of halogens is 2. The number of nitrogens with zero attached hydrogens (tertiary/aromatic N) is 1. The molecule has 0 aliphatic heterocycles. The van der Waals surface area contributed by atoms with E-state index in [9.17, 15) is 0 Å². The first kappa shape index (κ1) is 16.6. The monoisotopic (exact) mass is 338 g/mol. The average Bonchev–Trinajstić information content (AvgIpc) is 2.53. The van der Waals surface area contributed by atoms with Crippen LogP contribution in [0.1, 0.15) is 11.7 Å². The zero-order valence-corrected chi connectivity index (χ0v) is 13.7. The van der Waals surface area contributed by atoms with Crippen LogP contribution in [0.15, 0.2) is 53.5 Å². The Morgan fingerprint density at radius 1 is 1.00 bits per heavy atom. The van der Waals surface area contributed by atoms with Crippen molar-refractivity contribution in [3.8, 4) is 5.75 Å². The summed E-state index contributed by atoms with van der Waals surface area (Å²) in [5.41, 5.74) is 3.49. The van der Waals surface area contributed by atoms with Crippen LogP contribution in [-0.4, -0.2) is 20.0 Å². The zero-order chi connectivity index (χ0) is 15.9. The van der Waals surface area contributed by atoms with Gasteiger partial charge in [-0.25, -0.2) is 0 Å². The molecule has 116 valence electrons. The van der Waals surface area contributed by atoms with Crippen molar-refractivity contribution >= 4 is 29.1 Å². The van der Waals surface area contributed by atoms with Crippen molar-refractivity contribution in [1.82, 2.24) is 5.48 Å². The van der Waals surface area contributed by atoms with E-state index in [4.69, 9.17) is 32.8 Å². The third-order valence-corrected chi connectivity index (χ3v) is 3.40. The molecule has 6 heteroatoms. The molecule has 0 radical (unpaired) electrons. The lowest BCUT2D eigenvalue weighted by molar-refractivity contribution is 0.155. The SMILES string of the molecule is CN=C(ONC)C(Oc1ccc(Cl)cc1)c1ccc(Cl)cc1. The number of rotatable bonds is 5. The highest BCUT2D eigenvalue weighted by atomic mass is 35.5. The molecule has 0 spiro atoms. The molecule has 0 aliphatic rings. The zero-order valence-electron chi connectivity index (χ0n) is 12.2. The standard InChI is InChI=1S/C16H16Cl2N2O2/c1-19-16(22-20-2)15(11-3-5-12(17)6-4-11)21-14-9-7-13(18)8-10-14/h3-10,15,20H,1-2H3. The third-order valence-electron chi connectivity index (χ3n) is 2.89. The minimum Gasteiger partial charge on any atom is -0.476 e. The predicted octanol–water partition coefficient (Wildman–Crippen LogP) is 4.29. The molecule has 0 amide bonds. The van der Waals surface area contributed by atoms with E-state index in [-0.39, 0.29) is 0 Å². The molecule has 1 N–H and O–H groups in total. The molecule has 0 fully saturated rings. The molecule has 4 nitrogen and oxygen atoms in total. The summed E-state index contributed by atoms with van der Waals surface area (Å²) >= 11 is 11.8. The fraction of sp³-hybridized carbons (Fsp3) is 0.188. The first-order valence-corrected chi connectivity index (χ1v) is 7.37. The van der Waals surface area contributed by atoms with Crippen LogP contribution in [0.5, 0.6) is 5.75 Å². The van der Waals surface area contributed by atoms with Crippen LogP contribution >= 0.6 is 23.2 Å². The van der Waals surface area contributed by atoms with E-state index in [0.717, 1.165) is 5.56 Å². The maximum absolute atomic E-state index is 6.00. The van der Waals surface area contributed by atoms with Gasteiger partial charge in [-0.05, 0) is 36.4 Å². The molecule has 2 aromatic rings. The van der Waals surface area contributed by atoms with Crippen molar-refractivity contribution in [2.75, 3.05) is 14.1 Å². The van der Waals surface area contributed by atoms with Gasteiger partial charge in [0, 0.05) is 29.7 Å². The molecule has 0 bridgehead atoms. The minimum absolute atomic E-state index is 0.403. The van der Waals surface area contributed by atoms with Crippen molar-refractivity contribution in [3.05, 3.63) is 64.1 Å². The Kier molecular flexibility index (Phi) is 6.07. The van der Waals surface area contributed by atoms with Gasteiger partial charge in [-0.3, -0.25) is 4.99 Å². The van der Waals surface area contributed by atoms with Crippen LogP contribution in [0.4, 0.5) is 0 Å². The maximum Gasteiger partial charge on any atom is 0.254 e. The molecule has 0 saturated heterocycles. The molecule has 2 rings (SSSR count). The molecular weight excluding hydrogens is 323 g/mol. The molecule has 1 atom stereocenters. The van der Waals surface area contributed by atoms with Crippen LogP contribution < -0.4 is 10.2 Å². The largest absolute Gasteiger partial charge is 0.476 e. The normalized spacial score (nSPS) is 12.8. The van der Waals surface area contributed by atoms with Crippen LogP contribution in [0.3, 0.4) is 0 Å². The summed E-state index contributed by atoms with van der Waals surface area (Å²) in [5.74, 6) is 1.06. The molecule has 0 heterocycles. The van der Waals surface area contributed by atoms with E-state index in [0.29, 0.717) is 21.7 Å². The van der Waals surface area contributed by atoms with Gasteiger partial charge in [0.1, 0.15) is 5.75 Å². The molecule has 0 saturated carbocycles. The van der Waals surface area contributed by atoms with E-state index in [2.05, 4.69) is 10.5 Å². The van der Waals surface area contributed by atoms with Crippen LogP contribution in [0.25, 0.3) is 0 Å². The van der Waals surface area contributed by atoms with Gasteiger partial charge in [-0.15, -0.1) is 0 Å². The van der Waals surface area contributed by atoms with Gasteiger partial charge in [0.05, 0.1) is 0 Å². The summed E-state index contributed by atoms with van der Waals surface area (Å²) in [4.78, 5) is 9.49. The number of hydrogen-bond acceptors (Lipinski definition) is 4. The number of hydroxylamine groups is 1. The molecular formula is C16H16Cl2N2O2. The number of ether oxygens (including phenoxy) is 1. The third kappa shape index (κ3) is 4.37. The summed E-state index contributed by atoms with van der Waals surface area (Å²) in [6, 6.07) is 14.4. The van der Waals surface area contributed by atoms with Crippen LogP contribution in [0, 0.1) is 0 Å². The van der Waals surface area contributed by atoms with E-state index in [1.807, 2.05) is 12.1 Å². The summed E-state index contributed by atoms with van der Waals surface area (Å²) in [6.45, 7) is 0. The van der Waals surface area contributed by atoms with Gasteiger partial charge < -0.3 is 9.57 Å². The number of aliphatic imine (C=N–C) groups is 1. The summed E-state index contributed by atoms with van der Waals surface area (Å²) in [7, 11) is 3.30. The summed E-state index contributed by atoms with van der Waals surface area (Å²) in [6.07, 6.45) is -0.504. The number of nitrogens with one attached hydrogen (secondary N) is 1. The lowest BCUT2D eigenvalue weighted by Gasteiger charge is -2.20. The Morgan fingerprint density at radius 2 is 1.55 bits per heavy atom. The van der Waals surface area contributed by atoms with Crippen molar-refractivity contribution in [3.63, 3.8) is 0 Å². The predicted molar refractivity (Wildman–Crippen MR) is 89.8 cm³/mol. The van der Waals surface area contributed by atoms with E-state index >= 15 is 0 Å². The first-order valence-electron chi connectivity index (χ1n) is 6.62. The highest BCUT2D eigenvalue weighted by Crippen LogP contribution is 2.26. The van der Waals surface area contributed by atoms with Gasteiger partial charge in [0.25, 0.3) is 5.90 Å². The number of hydrogen-bond donors (Lipinski definition) is 1. The Morgan fingerprint density at radius 3 is 2.05 bits per heavy atom. The molecule has 22 heavy (non-hydrogen) atoms. The lowest BCUT2D eigenvalue weighted by atomic mass is 10.1. The van der Waals surface area contributed by atoms with Crippen molar-refractivity contribution in [1.29, 1.82) is 0 Å². The van der Waals surface area contributed by atoms with Gasteiger partial charge in [-0.2, -0.15) is 5.48 Å². The van der Waals surface area contributed by atoms with E-state index in [1.54, 1.807) is 50.5 Å². The van der Waals surface area contributed by atoms with Gasteiger partial charge in [0.2, 0.25) is 6.10 Å². The minimum atomic E-state index is -0.504. The topological polar surface area (TPSA) is 42.8 Å². The quantitative estimate of drug-likeness (QED) is 0.502. The van der Waals surface area contributed by atoms with Gasteiger partial charge >= 0.3 is 0 Å². The van der Waals surface area contributed by atoms with Gasteiger partial charge in [0.15, 0.2) is 0 Å². The van der Waals surface area contributed by atoms with Crippen LogP contribution in [-0.2, 0) is 4.84 Å². The van der Waals surface area contributed by atoms with Crippen molar-refractivity contribution < 1.29 is 9.57 Å². The summed E-state index contributed by atoms with van der Waals surface area (Å²) < 4.78 is 6.00. The molecule has 1 unspecified atom stereocenters. The molecule has 0 aliphatic carbocycles. The van der Waals surface area contributed by atoms with Gasteiger partial charge in [-0.1, -0.05) is 35.3 Å². The lowest BCUT2D eigenvalue weighted by Crippen LogP contribution is -2.26. The Labute approximate surface area is 139 Å². The second-order valence-corrected chi connectivity index (χ2v) is 5.24. The van der Waals surface area contributed by atoms with E-state index in [1.165, 1.54) is 0 Å². The second-order valence-electron chi connectivity index (χ2n) is 4.37. The number of benzene rings is 2. The second kappa shape index (κ2) is 8.03. The van der Waals surface area contributed by atoms with Crippen molar-refractivity contribution in [2.24, 2.45) is 4.99 Å². The highest BCUT2D eigenvalue weighted by Gasteiger charge is 2.22. The van der Waals surface area contributed by atoms with Crippen LogP contribution in [0.2, 0.25) is 10.0 Å². The van der Waals surface area contributed by atoms with E-state index < -0.39 is 6.10 Å². The fourth-order valence-electron chi connectivity index (χ4n) is 1.87. The van der Waals surface area contributed by atoms with Crippen molar-refractivity contribution in [2.45, 2.75) is 6.10 Å². The molecule has 0 aromatic heterocycles. The smallest absolute Gasteiger partial charge is 0.254 e. The maximum atomic E-state index is 6.00. The fourth-order valence-corrected chi connectivity index (χ4v) is 2.12. The Hall–Kier alpha value is -1.75. The highest BCUT2D eigenvalue weighted by molar-refractivity contribution is 6.30.